The average molecular weight is 274 g/mol. The predicted octanol–water partition coefficient (Wildman–Crippen LogP) is 2.13. The van der Waals surface area contributed by atoms with Gasteiger partial charge in [0, 0.05) is 43.8 Å². The zero-order valence-corrected chi connectivity index (χ0v) is 11.7. The number of carbonyl (C=O) groups excluding carboxylic acids is 1. The zero-order chi connectivity index (χ0) is 13.8. The zero-order valence-electron chi connectivity index (χ0n) is 11.7. The summed E-state index contributed by atoms with van der Waals surface area (Å²) in [5.41, 5.74) is 2.63. The fraction of sp³-hybridized carbons (Fsp3) is 0.562. The Morgan fingerprint density at radius 2 is 2.10 bits per heavy atom. The van der Waals surface area contributed by atoms with Crippen molar-refractivity contribution in [3.63, 3.8) is 0 Å². The lowest BCUT2D eigenvalue weighted by atomic mass is 9.97. The van der Waals surface area contributed by atoms with E-state index >= 15 is 0 Å². The molecule has 0 radical (unpaired) electrons. The quantitative estimate of drug-likeness (QED) is 0.884. The molecule has 1 atom stereocenters. The van der Waals surface area contributed by atoms with Crippen LogP contribution in [0.15, 0.2) is 24.3 Å². The Morgan fingerprint density at radius 1 is 1.30 bits per heavy atom. The highest BCUT2D eigenvalue weighted by Gasteiger charge is 2.23. The summed E-state index contributed by atoms with van der Waals surface area (Å²) in [5.74, 6) is 0.867. The molecule has 108 valence electrons. The van der Waals surface area contributed by atoms with Crippen LogP contribution < -0.4 is 10.6 Å². The molecule has 2 N–H and O–H groups in total. The molecule has 1 amide bonds. The molecule has 1 aromatic rings. The van der Waals surface area contributed by atoms with Gasteiger partial charge >= 0.3 is 0 Å². The highest BCUT2D eigenvalue weighted by molar-refractivity contribution is 5.78. The van der Waals surface area contributed by atoms with Crippen LogP contribution in [-0.4, -0.2) is 32.2 Å². The van der Waals surface area contributed by atoms with Gasteiger partial charge in [-0.15, -0.1) is 0 Å². The van der Waals surface area contributed by atoms with Gasteiger partial charge < -0.3 is 15.4 Å². The monoisotopic (exact) mass is 274 g/mol. The maximum atomic E-state index is 12.0. The van der Waals surface area contributed by atoms with Gasteiger partial charge in [-0.05, 0) is 30.9 Å². The van der Waals surface area contributed by atoms with Crippen molar-refractivity contribution in [3.05, 3.63) is 29.8 Å². The molecule has 1 aromatic carbocycles. The molecule has 0 bridgehead atoms. The van der Waals surface area contributed by atoms with E-state index in [1.165, 1.54) is 11.3 Å². The predicted molar refractivity (Wildman–Crippen MR) is 78.8 cm³/mol. The summed E-state index contributed by atoms with van der Waals surface area (Å²) in [6.07, 6.45) is 2.72. The number of hydrogen-bond acceptors (Lipinski definition) is 3. The van der Waals surface area contributed by atoms with Gasteiger partial charge in [-0.3, -0.25) is 4.79 Å². The van der Waals surface area contributed by atoms with Crippen molar-refractivity contribution in [2.75, 3.05) is 31.6 Å². The Kier molecular flexibility index (Phi) is 4.21. The van der Waals surface area contributed by atoms with Crippen molar-refractivity contribution in [2.24, 2.45) is 5.92 Å². The summed E-state index contributed by atoms with van der Waals surface area (Å²) in [4.78, 5) is 12.0. The summed E-state index contributed by atoms with van der Waals surface area (Å²) in [7, 11) is 0. The molecule has 2 aliphatic rings. The number of benzene rings is 1. The number of ether oxygens (including phenoxy) is 1. The van der Waals surface area contributed by atoms with Crippen molar-refractivity contribution in [1.82, 2.24) is 5.32 Å². The smallest absolute Gasteiger partial charge is 0.223 e. The topological polar surface area (TPSA) is 50.4 Å². The van der Waals surface area contributed by atoms with Crippen molar-refractivity contribution in [2.45, 2.75) is 25.2 Å². The Hall–Kier alpha value is -1.55. The number of nitrogens with one attached hydrogen (secondary N) is 2. The molecule has 4 heteroatoms. The molecule has 0 spiro atoms. The Balaban J connectivity index is 1.45. The van der Waals surface area contributed by atoms with E-state index in [0.717, 1.165) is 45.6 Å². The van der Waals surface area contributed by atoms with Crippen molar-refractivity contribution < 1.29 is 9.53 Å². The largest absolute Gasteiger partial charge is 0.384 e. The number of hydrogen-bond donors (Lipinski definition) is 2. The number of anilines is 1. The molecule has 0 aromatic heterocycles. The molecule has 20 heavy (non-hydrogen) atoms. The van der Waals surface area contributed by atoms with E-state index in [-0.39, 0.29) is 11.8 Å². The first-order valence-electron chi connectivity index (χ1n) is 7.53. The molecule has 1 saturated heterocycles. The maximum Gasteiger partial charge on any atom is 0.223 e. The minimum Gasteiger partial charge on any atom is -0.384 e. The molecule has 3 rings (SSSR count). The van der Waals surface area contributed by atoms with E-state index in [0.29, 0.717) is 5.92 Å². The van der Waals surface area contributed by atoms with Gasteiger partial charge in [0.15, 0.2) is 0 Å². The van der Waals surface area contributed by atoms with Crippen molar-refractivity contribution in [3.8, 4) is 0 Å². The Labute approximate surface area is 119 Å². The highest BCUT2D eigenvalue weighted by atomic mass is 16.5. The normalized spacial score (nSPS) is 22.1. The average Bonchev–Trinajstić information content (AvgIpc) is 2.92. The first-order chi connectivity index (χ1) is 9.84. The molecule has 1 unspecified atom stereocenters. The lowest BCUT2D eigenvalue weighted by Gasteiger charge is -2.21. The molecule has 0 saturated carbocycles. The SMILES string of the molecule is O=C(NCCC1CNc2ccccc21)C1CCOCC1. The van der Waals surface area contributed by atoms with Crippen molar-refractivity contribution in [1.29, 1.82) is 0 Å². The van der Waals surface area contributed by atoms with Gasteiger partial charge in [-0.1, -0.05) is 18.2 Å². The fourth-order valence-corrected chi connectivity index (χ4v) is 3.09. The molecular weight excluding hydrogens is 252 g/mol. The summed E-state index contributed by atoms with van der Waals surface area (Å²) >= 11 is 0. The van der Waals surface area contributed by atoms with Gasteiger partial charge in [0.25, 0.3) is 0 Å². The number of amides is 1. The van der Waals surface area contributed by atoms with Gasteiger partial charge in [-0.25, -0.2) is 0 Å². The van der Waals surface area contributed by atoms with E-state index in [1.54, 1.807) is 0 Å². The van der Waals surface area contributed by atoms with Crippen LogP contribution in [0.2, 0.25) is 0 Å². The first-order valence-corrected chi connectivity index (χ1v) is 7.53. The van der Waals surface area contributed by atoms with Gasteiger partial charge in [0.2, 0.25) is 5.91 Å². The van der Waals surface area contributed by atoms with E-state index in [4.69, 9.17) is 4.74 Å². The first kappa shape index (κ1) is 13.4. The van der Waals surface area contributed by atoms with E-state index in [9.17, 15) is 4.79 Å². The molecule has 2 aliphatic heterocycles. The maximum absolute atomic E-state index is 12.0. The van der Waals surface area contributed by atoms with E-state index in [1.807, 2.05) is 0 Å². The number of fused-ring (bicyclic) bond motifs is 1. The van der Waals surface area contributed by atoms with E-state index < -0.39 is 0 Å². The minimum atomic E-state index is 0.151. The second-order valence-electron chi connectivity index (χ2n) is 5.63. The van der Waals surface area contributed by atoms with Crippen molar-refractivity contribution >= 4 is 11.6 Å². The number of carbonyl (C=O) groups is 1. The summed E-state index contributed by atoms with van der Waals surface area (Å²) in [6.45, 7) is 3.18. The van der Waals surface area contributed by atoms with Crippen LogP contribution in [0, 0.1) is 5.92 Å². The van der Waals surface area contributed by atoms with Crippen LogP contribution >= 0.6 is 0 Å². The second-order valence-corrected chi connectivity index (χ2v) is 5.63. The minimum absolute atomic E-state index is 0.151. The van der Waals surface area contributed by atoms with Crippen LogP contribution in [0.25, 0.3) is 0 Å². The number of para-hydroxylation sites is 1. The fourth-order valence-electron chi connectivity index (χ4n) is 3.09. The van der Waals surface area contributed by atoms with Crippen LogP contribution in [-0.2, 0) is 9.53 Å². The third-order valence-electron chi connectivity index (χ3n) is 4.32. The molecular formula is C16H22N2O2. The lowest BCUT2D eigenvalue weighted by molar-refractivity contribution is -0.127. The number of rotatable bonds is 4. The molecule has 4 nitrogen and oxygen atoms in total. The summed E-state index contributed by atoms with van der Waals surface area (Å²) in [5, 5.41) is 6.51. The van der Waals surface area contributed by atoms with E-state index in [2.05, 4.69) is 34.9 Å². The molecule has 1 fully saturated rings. The van der Waals surface area contributed by atoms with Gasteiger partial charge in [0.05, 0.1) is 0 Å². The third-order valence-corrected chi connectivity index (χ3v) is 4.32. The molecule has 2 heterocycles. The lowest BCUT2D eigenvalue weighted by Crippen LogP contribution is -2.35. The molecule has 0 aliphatic carbocycles. The van der Waals surface area contributed by atoms with Crippen LogP contribution in [0.5, 0.6) is 0 Å². The second kappa shape index (κ2) is 6.27. The highest BCUT2D eigenvalue weighted by Crippen LogP contribution is 2.32. The Bertz CT molecular complexity index is 469. The summed E-state index contributed by atoms with van der Waals surface area (Å²) in [6, 6.07) is 8.44. The van der Waals surface area contributed by atoms with Crippen LogP contribution in [0.4, 0.5) is 5.69 Å². The van der Waals surface area contributed by atoms with Crippen LogP contribution in [0.3, 0.4) is 0 Å². The third kappa shape index (κ3) is 2.96. The van der Waals surface area contributed by atoms with Gasteiger partial charge in [-0.2, -0.15) is 0 Å². The van der Waals surface area contributed by atoms with Gasteiger partial charge in [0.1, 0.15) is 0 Å². The van der Waals surface area contributed by atoms with Crippen LogP contribution in [0.1, 0.15) is 30.7 Å². The Morgan fingerprint density at radius 3 is 2.95 bits per heavy atom. The standard InChI is InChI=1S/C16H22N2O2/c19-16(12-6-9-20-10-7-12)17-8-5-13-11-18-15-4-2-1-3-14(13)15/h1-4,12-13,18H,5-11H2,(H,17,19). The summed E-state index contributed by atoms with van der Waals surface area (Å²) < 4.78 is 5.29.